The van der Waals surface area contributed by atoms with Crippen LogP contribution in [0.2, 0.25) is 0 Å². The Bertz CT molecular complexity index is 671. The van der Waals surface area contributed by atoms with Crippen molar-refractivity contribution in [1.82, 2.24) is 5.16 Å². The minimum Gasteiger partial charge on any atom is -0.481 e. The fourth-order valence-electron chi connectivity index (χ4n) is 3.38. The number of rotatable bonds is 11. The number of unbranched alkanes of at least 4 members (excludes halogenated alkanes) is 2. The van der Waals surface area contributed by atoms with E-state index in [0.717, 1.165) is 42.7 Å². The van der Waals surface area contributed by atoms with E-state index in [4.69, 9.17) is 9.63 Å². The van der Waals surface area contributed by atoms with Crippen LogP contribution in [0.4, 0.5) is 0 Å². The Hall–Kier alpha value is -2.17. The summed E-state index contributed by atoms with van der Waals surface area (Å²) in [6.45, 7) is 4.03. The number of allylic oxidation sites excluding steroid dienone is 4. The maximum absolute atomic E-state index is 12.4. The van der Waals surface area contributed by atoms with Crippen LogP contribution in [0.3, 0.4) is 0 Å². The molecule has 0 unspecified atom stereocenters. The second-order valence-corrected chi connectivity index (χ2v) is 7.07. The molecule has 0 radical (unpaired) electrons. The number of aryl methyl sites for hydroxylation is 1. The highest BCUT2D eigenvalue weighted by molar-refractivity contribution is 5.99. The Morgan fingerprint density at radius 3 is 2.88 bits per heavy atom. The molecule has 2 rings (SSSR count). The summed E-state index contributed by atoms with van der Waals surface area (Å²) in [5, 5.41) is 12.8. The van der Waals surface area contributed by atoms with E-state index in [9.17, 15) is 9.59 Å². The molecule has 142 valence electrons. The minimum absolute atomic E-state index is 0.0603. The third-order valence-corrected chi connectivity index (χ3v) is 4.86. The van der Waals surface area contributed by atoms with Crippen LogP contribution in [0.5, 0.6) is 0 Å². The number of carbonyl (C=O) groups excluding carboxylic acids is 1. The van der Waals surface area contributed by atoms with Gasteiger partial charge in [-0.05, 0) is 50.5 Å². The van der Waals surface area contributed by atoms with Gasteiger partial charge in [0, 0.05) is 24.8 Å². The Morgan fingerprint density at radius 1 is 1.35 bits per heavy atom. The van der Waals surface area contributed by atoms with Crippen LogP contribution >= 0.6 is 0 Å². The lowest BCUT2D eigenvalue weighted by Gasteiger charge is -2.15. The number of aliphatic carboxylic acids is 1. The molecule has 5 heteroatoms. The predicted molar refractivity (Wildman–Crippen MR) is 99.8 cm³/mol. The molecule has 0 spiro atoms. The quantitative estimate of drug-likeness (QED) is 0.464. The van der Waals surface area contributed by atoms with E-state index in [1.54, 1.807) is 0 Å². The van der Waals surface area contributed by atoms with Crippen molar-refractivity contribution in [3.05, 3.63) is 41.3 Å². The zero-order valence-electron chi connectivity index (χ0n) is 15.7. The van der Waals surface area contributed by atoms with Crippen molar-refractivity contribution in [2.24, 2.45) is 11.8 Å². The summed E-state index contributed by atoms with van der Waals surface area (Å²) in [4.78, 5) is 22.9. The highest BCUT2D eigenvalue weighted by Crippen LogP contribution is 2.33. The number of hydrogen-bond acceptors (Lipinski definition) is 4. The minimum atomic E-state index is -0.769. The second-order valence-electron chi connectivity index (χ2n) is 7.07. The van der Waals surface area contributed by atoms with Crippen molar-refractivity contribution < 1.29 is 19.2 Å². The highest BCUT2D eigenvalue weighted by atomic mass is 16.5. The van der Waals surface area contributed by atoms with Crippen molar-refractivity contribution in [3.63, 3.8) is 0 Å². The second kappa shape index (κ2) is 10.1. The molecule has 5 nitrogen and oxygen atoms in total. The number of carboxylic acids is 1. The van der Waals surface area contributed by atoms with Crippen molar-refractivity contribution in [2.75, 3.05) is 0 Å². The molecular weight excluding hydrogens is 330 g/mol. The van der Waals surface area contributed by atoms with Crippen LogP contribution in [-0.2, 0) is 22.4 Å². The molecule has 1 aromatic heterocycles. The molecular formula is C21H29NO4. The first-order valence-corrected chi connectivity index (χ1v) is 9.55. The third kappa shape index (κ3) is 5.97. The lowest BCUT2D eigenvalue weighted by atomic mass is 9.87. The average molecular weight is 359 g/mol. The van der Waals surface area contributed by atoms with Crippen LogP contribution in [0, 0.1) is 11.8 Å². The molecule has 0 aliphatic heterocycles. The smallest absolute Gasteiger partial charge is 0.303 e. The standard InChI is InChI=1S/C21H29NO4/c1-3-4-9-17-14-18(26-22-17)13-16-12-15(2)21(25)19(16)10-7-5-6-8-11-20(23)24/h5,7,12,14,16,19H,3-4,6,8-11,13H2,1-2H3,(H,23,24)/b7-5-/t16-,19-/m1/s1. The molecule has 0 amide bonds. The van der Waals surface area contributed by atoms with Gasteiger partial charge in [-0.1, -0.05) is 36.7 Å². The van der Waals surface area contributed by atoms with E-state index in [-0.39, 0.29) is 24.0 Å². The molecule has 0 saturated carbocycles. The number of carboxylic acid groups (broad SMARTS) is 1. The molecule has 26 heavy (non-hydrogen) atoms. The summed E-state index contributed by atoms with van der Waals surface area (Å²) in [5.41, 5.74) is 1.81. The lowest BCUT2D eigenvalue weighted by molar-refractivity contribution is -0.137. The number of ketones is 1. The Balaban J connectivity index is 1.89. The van der Waals surface area contributed by atoms with Gasteiger partial charge < -0.3 is 9.63 Å². The lowest BCUT2D eigenvalue weighted by Crippen LogP contribution is -2.17. The van der Waals surface area contributed by atoms with E-state index >= 15 is 0 Å². The van der Waals surface area contributed by atoms with E-state index in [2.05, 4.69) is 18.2 Å². The first kappa shape index (κ1) is 20.1. The number of aromatic nitrogens is 1. The van der Waals surface area contributed by atoms with Crippen LogP contribution in [0.25, 0.3) is 0 Å². The molecule has 0 aromatic carbocycles. The Labute approximate surface area is 155 Å². The summed E-state index contributed by atoms with van der Waals surface area (Å²) < 4.78 is 5.46. The van der Waals surface area contributed by atoms with Gasteiger partial charge in [0.1, 0.15) is 5.76 Å². The normalized spacial score (nSPS) is 20.1. The fraction of sp³-hybridized carbons (Fsp3) is 0.571. The first-order chi connectivity index (χ1) is 12.5. The van der Waals surface area contributed by atoms with Gasteiger partial charge >= 0.3 is 5.97 Å². The summed E-state index contributed by atoms with van der Waals surface area (Å²) in [7, 11) is 0. The maximum atomic E-state index is 12.4. The maximum Gasteiger partial charge on any atom is 0.303 e. The van der Waals surface area contributed by atoms with Crippen molar-refractivity contribution in [3.8, 4) is 0 Å². The van der Waals surface area contributed by atoms with E-state index in [0.29, 0.717) is 19.3 Å². The topological polar surface area (TPSA) is 80.4 Å². The monoisotopic (exact) mass is 359 g/mol. The SMILES string of the molecule is CCCCc1cc(C[C@H]2C=C(C)C(=O)[C@@H]2C/C=C\CCCC(=O)O)on1. The molecule has 0 saturated heterocycles. The Morgan fingerprint density at radius 2 is 2.15 bits per heavy atom. The van der Waals surface area contributed by atoms with Gasteiger partial charge in [0.2, 0.25) is 0 Å². The van der Waals surface area contributed by atoms with Crippen LogP contribution in [-0.4, -0.2) is 22.0 Å². The predicted octanol–water partition coefficient (Wildman–Crippen LogP) is 4.52. The summed E-state index contributed by atoms with van der Waals surface area (Å²) in [6, 6.07) is 2.01. The summed E-state index contributed by atoms with van der Waals surface area (Å²) >= 11 is 0. The van der Waals surface area contributed by atoms with Gasteiger partial charge in [-0.15, -0.1) is 0 Å². The van der Waals surface area contributed by atoms with Crippen LogP contribution < -0.4 is 0 Å². The van der Waals surface area contributed by atoms with E-state index in [1.165, 1.54) is 0 Å². The van der Waals surface area contributed by atoms with Gasteiger partial charge in [0.25, 0.3) is 0 Å². The zero-order valence-corrected chi connectivity index (χ0v) is 15.7. The largest absolute Gasteiger partial charge is 0.481 e. The van der Waals surface area contributed by atoms with Gasteiger partial charge in [-0.3, -0.25) is 9.59 Å². The fourth-order valence-corrected chi connectivity index (χ4v) is 3.38. The molecule has 1 heterocycles. The molecule has 2 atom stereocenters. The first-order valence-electron chi connectivity index (χ1n) is 9.55. The number of nitrogens with zero attached hydrogens (tertiary/aromatic N) is 1. The van der Waals surface area contributed by atoms with Gasteiger partial charge in [-0.2, -0.15) is 0 Å². The molecule has 1 aliphatic carbocycles. The number of hydrogen-bond donors (Lipinski definition) is 1. The molecule has 1 aliphatic rings. The van der Waals surface area contributed by atoms with E-state index in [1.807, 2.05) is 25.1 Å². The summed E-state index contributed by atoms with van der Waals surface area (Å²) in [6.07, 6.45) is 12.1. The average Bonchev–Trinajstić information content (AvgIpc) is 3.15. The van der Waals surface area contributed by atoms with Crippen molar-refractivity contribution in [1.29, 1.82) is 0 Å². The van der Waals surface area contributed by atoms with Crippen molar-refractivity contribution in [2.45, 2.75) is 65.2 Å². The molecule has 1 N–H and O–H groups in total. The number of Topliss-reactive ketones (excluding diaryl/α,β-unsaturated/α-hetero) is 1. The van der Waals surface area contributed by atoms with E-state index < -0.39 is 5.97 Å². The highest BCUT2D eigenvalue weighted by Gasteiger charge is 2.33. The Kier molecular flexibility index (Phi) is 7.82. The summed E-state index contributed by atoms with van der Waals surface area (Å²) in [5.74, 6) is 0.355. The zero-order chi connectivity index (χ0) is 18.9. The van der Waals surface area contributed by atoms with Crippen molar-refractivity contribution >= 4 is 11.8 Å². The molecule has 0 fully saturated rings. The molecule has 0 bridgehead atoms. The van der Waals surface area contributed by atoms with Gasteiger partial charge in [0.05, 0.1) is 5.69 Å². The van der Waals surface area contributed by atoms with Gasteiger partial charge in [0.15, 0.2) is 5.78 Å². The third-order valence-electron chi connectivity index (χ3n) is 4.86. The van der Waals surface area contributed by atoms with Crippen LogP contribution in [0.1, 0.15) is 63.8 Å². The molecule has 1 aromatic rings. The van der Waals surface area contributed by atoms with Gasteiger partial charge in [-0.25, -0.2) is 0 Å². The van der Waals surface area contributed by atoms with Crippen LogP contribution in [0.15, 0.2) is 34.4 Å². The number of carbonyl (C=O) groups is 2.